The Kier molecular flexibility index (Phi) is 5.39. The molecule has 78 valence electrons. The van der Waals surface area contributed by atoms with Gasteiger partial charge in [0.15, 0.2) is 0 Å². The number of sulfone groups is 1. The minimum absolute atomic E-state index is 0.0157. The van der Waals surface area contributed by atoms with Crippen molar-refractivity contribution in [2.75, 3.05) is 31.4 Å². The predicted octanol–water partition coefficient (Wildman–Crippen LogP) is -0.191. The maximum atomic E-state index is 11.1. The first-order valence-corrected chi connectivity index (χ1v) is 6.58. The normalized spacial score (nSPS) is 11.3. The smallest absolute Gasteiger partial charge is 0.223 e. The van der Waals surface area contributed by atoms with Crippen LogP contribution >= 0.6 is 12.6 Å². The van der Waals surface area contributed by atoms with E-state index in [2.05, 4.69) is 12.6 Å². The summed E-state index contributed by atoms with van der Waals surface area (Å²) in [4.78, 5) is 12.6. The van der Waals surface area contributed by atoms with Gasteiger partial charge in [-0.25, -0.2) is 8.42 Å². The van der Waals surface area contributed by atoms with Crippen molar-refractivity contribution in [1.82, 2.24) is 4.90 Å². The molecule has 0 aliphatic heterocycles. The summed E-state index contributed by atoms with van der Waals surface area (Å²) >= 11 is 3.91. The summed E-state index contributed by atoms with van der Waals surface area (Å²) in [7, 11) is -1.39. The first-order chi connectivity index (χ1) is 5.87. The zero-order valence-corrected chi connectivity index (χ0v) is 9.57. The van der Waals surface area contributed by atoms with Gasteiger partial charge in [-0.15, -0.1) is 0 Å². The lowest BCUT2D eigenvalue weighted by atomic mass is 10.4. The van der Waals surface area contributed by atoms with Crippen LogP contribution in [-0.2, 0) is 14.6 Å². The van der Waals surface area contributed by atoms with Gasteiger partial charge in [-0.2, -0.15) is 12.6 Å². The molecule has 0 atom stereocenters. The molecule has 0 spiro atoms. The molecule has 0 aromatic rings. The lowest BCUT2D eigenvalue weighted by Crippen LogP contribution is -2.31. The van der Waals surface area contributed by atoms with Crippen LogP contribution in [0.2, 0.25) is 0 Å². The van der Waals surface area contributed by atoms with Gasteiger partial charge in [0.2, 0.25) is 5.91 Å². The van der Waals surface area contributed by atoms with Gasteiger partial charge < -0.3 is 4.90 Å². The fourth-order valence-corrected chi connectivity index (χ4v) is 1.51. The van der Waals surface area contributed by atoms with E-state index in [1.807, 2.05) is 0 Å². The highest BCUT2D eigenvalue weighted by Crippen LogP contribution is 1.94. The van der Waals surface area contributed by atoms with Gasteiger partial charge in [0, 0.05) is 26.3 Å². The van der Waals surface area contributed by atoms with Gasteiger partial charge in [-0.1, -0.05) is 0 Å². The first-order valence-electron chi connectivity index (χ1n) is 3.89. The SMILES string of the molecule is CN(CCS(C)(=O)=O)C(=O)CCS. The second-order valence-corrected chi connectivity index (χ2v) is 5.63. The van der Waals surface area contributed by atoms with Crippen molar-refractivity contribution in [1.29, 1.82) is 0 Å². The van der Waals surface area contributed by atoms with Crippen molar-refractivity contribution in [2.45, 2.75) is 6.42 Å². The van der Waals surface area contributed by atoms with Crippen LogP contribution in [0.1, 0.15) is 6.42 Å². The number of thiol groups is 1. The van der Waals surface area contributed by atoms with Gasteiger partial charge in [0.05, 0.1) is 5.75 Å². The lowest BCUT2D eigenvalue weighted by molar-refractivity contribution is -0.129. The molecule has 0 bridgehead atoms. The van der Waals surface area contributed by atoms with E-state index in [1.165, 1.54) is 4.90 Å². The third-order valence-corrected chi connectivity index (χ3v) is 2.70. The van der Waals surface area contributed by atoms with Crippen molar-refractivity contribution in [3.05, 3.63) is 0 Å². The Balaban J connectivity index is 3.88. The minimum Gasteiger partial charge on any atom is -0.345 e. The van der Waals surface area contributed by atoms with E-state index in [9.17, 15) is 13.2 Å². The number of hydrogen-bond acceptors (Lipinski definition) is 4. The van der Waals surface area contributed by atoms with E-state index in [4.69, 9.17) is 0 Å². The number of hydrogen-bond donors (Lipinski definition) is 1. The van der Waals surface area contributed by atoms with Gasteiger partial charge >= 0.3 is 0 Å². The fraction of sp³-hybridized carbons (Fsp3) is 0.857. The van der Waals surface area contributed by atoms with E-state index in [0.29, 0.717) is 12.2 Å². The molecule has 0 heterocycles. The molecule has 0 fully saturated rings. The third-order valence-electron chi connectivity index (χ3n) is 1.55. The Labute approximate surface area is 84.6 Å². The molecule has 0 saturated heterocycles. The largest absolute Gasteiger partial charge is 0.345 e. The molecule has 1 amide bonds. The molecule has 4 nitrogen and oxygen atoms in total. The topological polar surface area (TPSA) is 54.5 Å². The van der Waals surface area contributed by atoms with E-state index >= 15 is 0 Å². The summed E-state index contributed by atoms with van der Waals surface area (Å²) in [6.45, 7) is 0.255. The molecule has 0 aliphatic rings. The molecule has 0 aliphatic carbocycles. The molecule has 0 aromatic heterocycles. The molecule has 13 heavy (non-hydrogen) atoms. The van der Waals surface area contributed by atoms with E-state index in [1.54, 1.807) is 7.05 Å². The molecule has 6 heteroatoms. The van der Waals surface area contributed by atoms with Crippen LogP contribution in [0.25, 0.3) is 0 Å². The summed E-state index contributed by atoms with van der Waals surface area (Å²) in [6, 6.07) is 0. The predicted molar refractivity (Wildman–Crippen MR) is 55.8 cm³/mol. The lowest BCUT2D eigenvalue weighted by Gasteiger charge is -2.15. The van der Waals surface area contributed by atoms with Crippen molar-refractivity contribution < 1.29 is 13.2 Å². The summed E-state index contributed by atoms with van der Waals surface area (Å²) in [6.07, 6.45) is 1.51. The highest BCUT2D eigenvalue weighted by atomic mass is 32.2. The molecule has 0 unspecified atom stereocenters. The Morgan fingerprint density at radius 2 is 2.00 bits per heavy atom. The Morgan fingerprint density at radius 3 is 2.38 bits per heavy atom. The Morgan fingerprint density at radius 1 is 1.46 bits per heavy atom. The van der Waals surface area contributed by atoms with Gasteiger partial charge in [0.25, 0.3) is 0 Å². The maximum Gasteiger partial charge on any atom is 0.223 e. The number of rotatable bonds is 5. The Hall–Kier alpha value is -0.230. The highest BCUT2D eigenvalue weighted by molar-refractivity contribution is 7.90. The van der Waals surface area contributed by atoms with Crippen LogP contribution in [0.4, 0.5) is 0 Å². The summed E-state index contributed by atoms with van der Waals surface area (Å²) in [5.74, 6) is 0.433. The van der Waals surface area contributed by atoms with Crippen molar-refractivity contribution in [3.8, 4) is 0 Å². The molecule has 0 N–H and O–H groups in total. The van der Waals surface area contributed by atoms with E-state index < -0.39 is 9.84 Å². The van der Waals surface area contributed by atoms with Crippen LogP contribution in [0.15, 0.2) is 0 Å². The van der Waals surface area contributed by atoms with Crippen molar-refractivity contribution in [2.24, 2.45) is 0 Å². The molecule has 0 saturated carbocycles. The quantitative estimate of drug-likeness (QED) is 0.660. The van der Waals surface area contributed by atoms with E-state index in [-0.39, 0.29) is 18.2 Å². The fourth-order valence-electron chi connectivity index (χ4n) is 0.714. The summed E-state index contributed by atoms with van der Waals surface area (Å²) < 4.78 is 21.5. The standard InChI is InChI=1S/C7H15NO3S2/c1-8(7(9)3-5-12)4-6-13(2,10)11/h12H,3-6H2,1-2H3. The minimum atomic E-state index is -2.98. The van der Waals surface area contributed by atoms with Crippen molar-refractivity contribution >= 4 is 28.4 Å². The molecule has 0 radical (unpaired) electrons. The second kappa shape index (κ2) is 5.49. The zero-order chi connectivity index (χ0) is 10.5. The van der Waals surface area contributed by atoms with Crippen LogP contribution in [0.5, 0.6) is 0 Å². The average Bonchev–Trinajstić information content (AvgIpc) is 1.99. The number of amides is 1. The second-order valence-electron chi connectivity index (χ2n) is 2.92. The van der Waals surface area contributed by atoms with E-state index in [0.717, 1.165) is 6.26 Å². The van der Waals surface area contributed by atoms with Crippen molar-refractivity contribution in [3.63, 3.8) is 0 Å². The first kappa shape index (κ1) is 12.8. The Bertz CT molecular complexity index is 261. The van der Waals surface area contributed by atoms with Crippen LogP contribution < -0.4 is 0 Å². The number of carbonyl (C=O) groups excluding carboxylic acids is 1. The van der Waals surface area contributed by atoms with Crippen LogP contribution in [-0.4, -0.2) is 50.6 Å². The van der Waals surface area contributed by atoms with Crippen LogP contribution in [0.3, 0.4) is 0 Å². The molecular formula is C7H15NO3S2. The molecule has 0 aromatic carbocycles. The highest BCUT2D eigenvalue weighted by Gasteiger charge is 2.10. The number of nitrogens with zero attached hydrogens (tertiary/aromatic N) is 1. The zero-order valence-electron chi connectivity index (χ0n) is 7.86. The van der Waals surface area contributed by atoms with Gasteiger partial charge in [0.1, 0.15) is 9.84 Å². The average molecular weight is 225 g/mol. The molecule has 0 rings (SSSR count). The maximum absolute atomic E-state index is 11.1. The van der Waals surface area contributed by atoms with Gasteiger partial charge in [-0.3, -0.25) is 4.79 Å². The summed E-state index contributed by atoms with van der Waals surface area (Å²) in [5.41, 5.74) is 0. The third kappa shape index (κ3) is 6.89. The van der Waals surface area contributed by atoms with Gasteiger partial charge in [-0.05, 0) is 5.75 Å². The number of carbonyl (C=O) groups is 1. The van der Waals surface area contributed by atoms with Crippen LogP contribution in [0, 0.1) is 0 Å². The monoisotopic (exact) mass is 225 g/mol. The summed E-state index contributed by atoms with van der Waals surface area (Å²) in [5, 5.41) is 0. The molecular weight excluding hydrogens is 210 g/mol.